The highest BCUT2D eigenvalue weighted by atomic mass is 35.5. The van der Waals surface area contributed by atoms with Gasteiger partial charge in [-0.1, -0.05) is 41.9 Å². The second-order valence-corrected chi connectivity index (χ2v) is 11.4. The second kappa shape index (κ2) is 13.4. The standard InChI is InChI=1S/C31H33ClF2N8O3/c1-20(21-6-3-2-4-7-21)39-12-14-40(15-13-39)27(43)19-41-18-25(37-30(44)24-17-36-42-11-5-10-35-29(24)42)28(38-41)23-16-22(32)8-9-26(23)45-31(33)34/h2-11,16,18,20,28,31,36,38H,12-15,17,19H2,1H3,(H,37,44). The number of hydrogen-bond donors (Lipinski definition) is 3. The quantitative estimate of drug-likeness (QED) is 0.385. The third-order valence-corrected chi connectivity index (χ3v) is 8.41. The molecule has 2 aromatic rings. The molecule has 45 heavy (non-hydrogen) atoms. The van der Waals surface area contributed by atoms with Crippen molar-refractivity contribution in [3.63, 3.8) is 0 Å². The van der Waals surface area contributed by atoms with Crippen molar-refractivity contribution in [1.82, 2.24) is 36.0 Å². The van der Waals surface area contributed by atoms with Gasteiger partial charge in [-0.15, -0.1) is 0 Å². The summed E-state index contributed by atoms with van der Waals surface area (Å²) >= 11 is 6.26. The predicted molar refractivity (Wildman–Crippen MR) is 164 cm³/mol. The van der Waals surface area contributed by atoms with Gasteiger partial charge in [0.2, 0.25) is 5.91 Å². The zero-order chi connectivity index (χ0) is 31.5. The first-order chi connectivity index (χ1) is 21.8. The van der Waals surface area contributed by atoms with Crippen LogP contribution in [0.4, 0.5) is 8.78 Å². The number of hydrazine groups is 2. The van der Waals surface area contributed by atoms with Crippen molar-refractivity contribution in [3.05, 3.63) is 100 Å². The summed E-state index contributed by atoms with van der Waals surface area (Å²) in [5.41, 5.74) is 8.46. The Morgan fingerprint density at radius 2 is 1.91 bits per heavy atom. The third-order valence-electron chi connectivity index (χ3n) is 8.18. The number of carbonyl (C=O) groups is 2. The molecule has 2 aromatic carbocycles. The average molecular weight is 639 g/mol. The number of ether oxygens (including phenoxy) is 1. The summed E-state index contributed by atoms with van der Waals surface area (Å²) in [6, 6.07) is 13.9. The van der Waals surface area contributed by atoms with Gasteiger partial charge in [0.25, 0.3) is 5.91 Å². The number of carbonyl (C=O) groups excluding carboxylic acids is 2. The molecule has 0 aromatic heterocycles. The Kier molecular flexibility index (Phi) is 9.12. The zero-order valence-electron chi connectivity index (χ0n) is 24.5. The van der Waals surface area contributed by atoms with Crippen LogP contribution >= 0.6 is 11.6 Å². The van der Waals surface area contributed by atoms with Crippen LogP contribution in [0.25, 0.3) is 0 Å². The second-order valence-electron chi connectivity index (χ2n) is 10.9. The van der Waals surface area contributed by atoms with E-state index in [1.807, 2.05) is 18.2 Å². The van der Waals surface area contributed by atoms with Crippen molar-refractivity contribution in [3.8, 4) is 5.75 Å². The Labute approximate surface area is 264 Å². The summed E-state index contributed by atoms with van der Waals surface area (Å²) in [6.07, 6.45) is 6.66. The SMILES string of the molecule is CC(c1ccccc1)N1CCN(C(=O)CN2C=C(NC(=O)C3=C4N=CC=CN4NC3)C(c3cc(Cl)ccc3OC(F)F)N2)CC1. The Hall–Kier alpha value is -4.30. The average Bonchev–Trinajstić information content (AvgIpc) is 3.66. The maximum atomic E-state index is 13.4. The van der Waals surface area contributed by atoms with Gasteiger partial charge in [-0.3, -0.25) is 19.5 Å². The van der Waals surface area contributed by atoms with E-state index in [0.717, 1.165) is 13.1 Å². The van der Waals surface area contributed by atoms with E-state index in [2.05, 4.69) is 45.1 Å². The van der Waals surface area contributed by atoms with Gasteiger partial charge >= 0.3 is 6.61 Å². The molecule has 236 valence electrons. The topological polar surface area (TPSA) is 105 Å². The number of piperazine rings is 1. The summed E-state index contributed by atoms with van der Waals surface area (Å²) < 4.78 is 31.4. The summed E-state index contributed by atoms with van der Waals surface area (Å²) in [5.74, 6) is -0.200. The van der Waals surface area contributed by atoms with E-state index in [9.17, 15) is 18.4 Å². The van der Waals surface area contributed by atoms with Gasteiger partial charge in [-0.25, -0.2) is 15.8 Å². The lowest BCUT2D eigenvalue weighted by molar-refractivity contribution is -0.134. The molecule has 0 bridgehead atoms. The van der Waals surface area contributed by atoms with Crippen molar-refractivity contribution < 1.29 is 23.1 Å². The van der Waals surface area contributed by atoms with Crippen molar-refractivity contribution >= 4 is 29.6 Å². The molecule has 0 saturated carbocycles. The van der Waals surface area contributed by atoms with Gasteiger partial charge < -0.3 is 20.0 Å². The number of amides is 2. The molecule has 4 aliphatic heterocycles. The van der Waals surface area contributed by atoms with E-state index >= 15 is 0 Å². The number of nitrogens with one attached hydrogen (secondary N) is 3. The van der Waals surface area contributed by atoms with Gasteiger partial charge in [0.1, 0.15) is 12.3 Å². The van der Waals surface area contributed by atoms with Crippen molar-refractivity contribution in [1.29, 1.82) is 0 Å². The summed E-state index contributed by atoms with van der Waals surface area (Å²) in [6.45, 7) is 1.87. The van der Waals surface area contributed by atoms with Crippen LogP contribution in [0.3, 0.4) is 0 Å². The highest BCUT2D eigenvalue weighted by Gasteiger charge is 2.35. The smallest absolute Gasteiger partial charge is 0.387 e. The highest BCUT2D eigenvalue weighted by Crippen LogP contribution is 2.36. The molecule has 0 radical (unpaired) electrons. The molecule has 4 heterocycles. The first kappa shape index (κ1) is 30.7. The Bertz CT molecular complexity index is 1560. The van der Waals surface area contributed by atoms with Gasteiger partial charge in [0, 0.05) is 68.0 Å². The van der Waals surface area contributed by atoms with E-state index in [-0.39, 0.29) is 36.4 Å². The third kappa shape index (κ3) is 6.86. The van der Waals surface area contributed by atoms with E-state index in [1.165, 1.54) is 23.8 Å². The van der Waals surface area contributed by atoms with Crippen LogP contribution in [0.2, 0.25) is 5.02 Å². The Balaban J connectivity index is 1.18. The van der Waals surface area contributed by atoms with Gasteiger partial charge in [-0.2, -0.15) is 8.78 Å². The minimum absolute atomic E-state index is 0.0475. The number of aliphatic imine (C=N–C) groups is 1. The number of alkyl halides is 2. The van der Waals surface area contributed by atoms with Gasteiger partial charge in [-0.05, 0) is 36.8 Å². The fraction of sp³-hybridized carbons (Fsp3) is 0.323. The van der Waals surface area contributed by atoms with Crippen LogP contribution in [0.1, 0.15) is 30.1 Å². The van der Waals surface area contributed by atoms with E-state index in [1.54, 1.807) is 39.6 Å². The van der Waals surface area contributed by atoms with Crippen LogP contribution in [0, 0.1) is 0 Å². The molecule has 2 atom stereocenters. The van der Waals surface area contributed by atoms with Crippen molar-refractivity contribution in [2.24, 2.45) is 4.99 Å². The maximum absolute atomic E-state index is 13.4. The number of hydrogen-bond acceptors (Lipinski definition) is 9. The molecular formula is C31H33ClF2N8O3. The summed E-state index contributed by atoms with van der Waals surface area (Å²) in [7, 11) is 0. The van der Waals surface area contributed by atoms with Crippen molar-refractivity contribution in [2.45, 2.75) is 25.6 Å². The Morgan fingerprint density at radius 1 is 1.13 bits per heavy atom. The lowest BCUT2D eigenvalue weighted by Gasteiger charge is -2.38. The van der Waals surface area contributed by atoms with Crippen LogP contribution in [-0.2, 0) is 9.59 Å². The fourth-order valence-corrected chi connectivity index (χ4v) is 5.98. The number of benzene rings is 2. The van der Waals surface area contributed by atoms with Gasteiger partial charge in [0.05, 0.1) is 17.3 Å². The molecule has 14 heteroatoms. The number of allylic oxidation sites excluding steroid dienone is 1. The molecule has 11 nitrogen and oxygen atoms in total. The maximum Gasteiger partial charge on any atom is 0.387 e. The molecule has 2 unspecified atom stereocenters. The van der Waals surface area contributed by atoms with E-state index < -0.39 is 18.6 Å². The fourth-order valence-electron chi connectivity index (χ4n) is 5.80. The number of rotatable bonds is 9. The van der Waals surface area contributed by atoms with Crippen LogP contribution in [-0.4, -0.2) is 83.7 Å². The number of fused-ring (bicyclic) bond motifs is 1. The molecular weight excluding hydrogens is 606 g/mol. The number of nitrogens with zero attached hydrogens (tertiary/aromatic N) is 5. The van der Waals surface area contributed by atoms with E-state index in [0.29, 0.717) is 35.2 Å². The molecule has 4 aliphatic rings. The van der Waals surface area contributed by atoms with Crippen LogP contribution < -0.4 is 20.9 Å². The van der Waals surface area contributed by atoms with Gasteiger partial charge in [0.15, 0.2) is 5.82 Å². The monoisotopic (exact) mass is 638 g/mol. The minimum atomic E-state index is -3.07. The highest BCUT2D eigenvalue weighted by molar-refractivity contribution is 6.30. The largest absolute Gasteiger partial charge is 0.434 e. The molecule has 2 amide bonds. The molecule has 1 saturated heterocycles. The predicted octanol–water partition coefficient (Wildman–Crippen LogP) is 3.30. The minimum Gasteiger partial charge on any atom is -0.434 e. The lowest BCUT2D eigenvalue weighted by Crippen LogP contribution is -2.52. The Morgan fingerprint density at radius 3 is 2.67 bits per heavy atom. The normalized spacial score (nSPS) is 20.5. The zero-order valence-corrected chi connectivity index (χ0v) is 25.3. The molecule has 0 aliphatic carbocycles. The summed E-state index contributed by atoms with van der Waals surface area (Å²) in [5, 5.41) is 6.38. The molecule has 3 N–H and O–H groups in total. The van der Waals surface area contributed by atoms with Crippen LogP contribution in [0.5, 0.6) is 5.75 Å². The molecule has 1 fully saturated rings. The first-order valence-corrected chi connectivity index (χ1v) is 15.0. The lowest BCUT2D eigenvalue weighted by atomic mass is 10.0. The number of halogens is 3. The molecule has 0 spiro atoms. The summed E-state index contributed by atoms with van der Waals surface area (Å²) in [4.78, 5) is 35.3. The van der Waals surface area contributed by atoms with E-state index in [4.69, 9.17) is 16.3 Å². The van der Waals surface area contributed by atoms with Crippen molar-refractivity contribution in [2.75, 3.05) is 39.3 Å². The molecule has 6 rings (SSSR count). The van der Waals surface area contributed by atoms with Crippen LogP contribution in [0.15, 0.2) is 89.1 Å². The first-order valence-electron chi connectivity index (χ1n) is 14.6.